The molecule has 0 bridgehead atoms. The molecule has 1 unspecified atom stereocenters. The quantitative estimate of drug-likeness (QED) is 0.732. The fourth-order valence-electron chi connectivity index (χ4n) is 1.42. The Bertz CT molecular complexity index is 349. The van der Waals surface area contributed by atoms with Crippen LogP contribution in [0, 0.1) is 13.8 Å². The van der Waals surface area contributed by atoms with E-state index in [0.717, 1.165) is 16.7 Å². The highest BCUT2D eigenvalue weighted by atomic mass is 16.1. The van der Waals surface area contributed by atoms with Crippen LogP contribution in [0.5, 0.6) is 0 Å². The van der Waals surface area contributed by atoms with Crippen LogP contribution in [0.15, 0.2) is 18.2 Å². The van der Waals surface area contributed by atoms with Gasteiger partial charge in [0.15, 0.2) is 0 Å². The van der Waals surface area contributed by atoms with Gasteiger partial charge in [0.2, 0.25) is 5.91 Å². The largest absolute Gasteiger partial charge is 0.368 e. The van der Waals surface area contributed by atoms with Gasteiger partial charge in [0.25, 0.3) is 0 Å². The minimum Gasteiger partial charge on any atom is -0.368 e. The molecule has 0 aromatic heterocycles. The first kappa shape index (κ1) is 10.7. The van der Waals surface area contributed by atoms with Crippen LogP contribution in [0.25, 0.3) is 0 Å². The summed E-state index contributed by atoms with van der Waals surface area (Å²) >= 11 is 0. The first-order chi connectivity index (χ1) is 6.34. The lowest BCUT2D eigenvalue weighted by Gasteiger charge is -2.21. The normalized spacial score (nSPS) is 14.9. The first-order valence-corrected chi connectivity index (χ1v) is 4.51. The van der Waals surface area contributed by atoms with Crippen LogP contribution >= 0.6 is 0 Å². The van der Waals surface area contributed by atoms with Crippen LogP contribution in [0.3, 0.4) is 0 Å². The number of aryl methyl sites for hydroxylation is 2. The summed E-state index contributed by atoms with van der Waals surface area (Å²) in [5.74, 6) is -0.512. The van der Waals surface area contributed by atoms with Crippen molar-refractivity contribution in [1.29, 1.82) is 0 Å². The Morgan fingerprint density at radius 1 is 1.21 bits per heavy atom. The van der Waals surface area contributed by atoms with Gasteiger partial charge >= 0.3 is 0 Å². The van der Waals surface area contributed by atoms with Crippen molar-refractivity contribution in [2.45, 2.75) is 26.3 Å². The van der Waals surface area contributed by atoms with E-state index >= 15 is 0 Å². The lowest BCUT2D eigenvalue weighted by molar-refractivity contribution is -0.122. The zero-order valence-electron chi connectivity index (χ0n) is 8.79. The maximum Gasteiger partial charge on any atom is 0.241 e. The minimum absolute atomic E-state index is 0.512. The van der Waals surface area contributed by atoms with E-state index < -0.39 is 11.4 Å². The monoisotopic (exact) mass is 192 g/mol. The molecule has 1 atom stereocenters. The lowest BCUT2D eigenvalue weighted by Crippen LogP contribution is -2.46. The van der Waals surface area contributed by atoms with Crippen LogP contribution in [0.2, 0.25) is 0 Å². The summed E-state index contributed by atoms with van der Waals surface area (Å²) in [7, 11) is 0. The van der Waals surface area contributed by atoms with Gasteiger partial charge in [-0.05, 0) is 26.3 Å². The van der Waals surface area contributed by atoms with Gasteiger partial charge < -0.3 is 11.5 Å². The van der Waals surface area contributed by atoms with Gasteiger partial charge in [-0.2, -0.15) is 0 Å². The Morgan fingerprint density at radius 2 is 1.64 bits per heavy atom. The molecule has 1 amide bonds. The molecule has 76 valence electrons. The number of carbonyl (C=O) groups is 1. The molecule has 4 N–H and O–H groups in total. The molecule has 0 saturated heterocycles. The summed E-state index contributed by atoms with van der Waals surface area (Å²) in [5, 5.41) is 0. The number of carbonyl (C=O) groups excluding carboxylic acids is 1. The van der Waals surface area contributed by atoms with Crippen LogP contribution in [0.1, 0.15) is 23.6 Å². The SMILES string of the molecule is Cc1cc(C)cc(C(C)(N)C(N)=O)c1. The molecular weight excluding hydrogens is 176 g/mol. The predicted molar refractivity (Wildman–Crippen MR) is 56.6 cm³/mol. The van der Waals surface area contributed by atoms with Crippen LogP contribution in [-0.4, -0.2) is 5.91 Å². The van der Waals surface area contributed by atoms with Crippen molar-refractivity contribution in [3.05, 3.63) is 34.9 Å². The first-order valence-electron chi connectivity index (χ1n) is 4.51. The summed E-state index contributed by atoms with van der Waals surface area (Å²) in [4.78, 5) is 11.1. The number of nitrogens with two attached hydrogens (primary N) is 2. The second kappa shape index (κ2) is 3.42. The van der Waals surface area contributed by atoms with Gasteiger partial charge in [0, 0.05) is 0 Å². The van der Waals surface area contributed by atoms with Gasteiger partial charge in [-0.15, -0.1) is 0 Å². The van der Waals surface area contributed by atoms with Crippen LogP contribution in [-0.2, 0) is 10.3 Å². The van der Waals surface area contributed by atoms with Crippen molar-refractivity contribution >= 4 is 5.91 Å². The summed E-state index contributed by atoms with van der Waals surface area (Å²) in [6, 6.07) is 5.80. The lowest BCUT2D eigenvalue weighted by atomic mass is 9.90. The van der Waals surface area contributed by atoms with Crippen LogP contribution in [0.4, 0.5) is 0 Å². The van der Waals surface area contributed by atoms with Crippen molar-refractivity contribution in [2.24, 2.45) is 11.5 Å². The number of amides is 1. The molecular formula is C11H16N2O. The third-order valence-corrected chi connectivity index (χ3v) is 2.33. The van der Waals surface area contributed by atoms with E-state index in [0.29, 0.717) is 0 Å². The number of hydrogen-bond donors (Lipinski definition) is 2. The molecule has 1 aromatic rings. The highest BCUT2D eigenvalue weighted by Gasteiger charge is 2.28. The molecule has 0 radical (unpaired) electrons. The van der Waals surface area contributed by atoms with Crippen LogP contribution < -0.4 is 11.5 Å². The minimum atomic E-state index is -1.09. The molecule has 0 saturated carbocycles. The smallest absolute Gasteiger partial charge is 0.241 e. The maximum absolute atomic E-state index is 11.1. The van der Waals surface area contributed by atoms with E-state index in [9.17, 15) is 4.79 Å². The molecule has 0 heterocycles. The number of hydrogen-bond acceptors (Lipinski definition) is 2. The van der Waals surface area contributed by atoms with E-state index in [1.54, 1.807) is 6.92 Å². The number of rotatable bonds is 2. The van der Waals surface area contributed by atoms with E-state index in [1.807, 2.05) is 32.0 Å². The molecule has 3 heteroatoms. The average molecular weight is 192 g/mol. The van der Waals surface area contributed by atoms with Gasteiger partial charge in [0.1, 0.15) is 5.54 Å². The molecule has 3 nitrogen and oxygen atoms in total. The van der Waals surface area contributed by atoms with E-state index in [4.69, 9.17) is 11.5 Å². The third kappa shape index (κ3) is 1.93. The molecule has 14 heavy (non-hydrogen) atoms. The van der Waals surface area contributed by atoms with Gasteiger partial charge in [-0.1, -0.05) is 29.3 Å². The Balaban J connectivity index is 3.25. The summed E-state index contributed by atoms with van der Waals surface area (Å²) < 4.78 is 0. The Hall–Kier alpha value is -1.35. The molecule has 0 spiro atoms. The zero-order valence-corrected chi connectivity index (χ0v) is 8.79. The van der Waals surface area contributed by atoms with Crippen molar-refractivity contribution in [1.82, 2.24) is 0 Å². The van der Waals surface area contributed by atoms with Crippen molar-refractivity contribution in [3.8, 4) is 0 Å². The van der Waals surface area contributed by atoms with Gasteiger partial charge in [-0.25, -0.2) is 0 Å². The second-order valence-electron chi connectivity index (χ2n) is 3.94. The topological polar surface area (TPSA) is 69.1 Å². The fourth-order valence-corrected chi connectivity index (χ4v) is 1.42. The Labute approximate surface area is 84.1 Å². The molecule has 0 fully saturated rings. The predicted octanol–water partition coefficient (Wildman–Crippen LogP) is 0.963. The summed E-state index contributed by atoms with van der Waals surface area (Å²) in [6.07, 6.45) is 0. The van der Waals surface area contributed by atoms with E-state index in [1.165, 1.54) is 0 Å². The number of benzene rings is 1. The molecule has 1 rings (SSSR count). The highest BCUT2D eigenvalue weighted by molar-refractivity contribution is 5.85. The molecule has 0 aliphatic carbocycles. The molecule has 0 aliphatic rings. The van der Waals surface area contributed by atoms with E-state index in [2.05, 4.69) is 0 Å². The van der Waals surface area contributed by atoms with Gasteiger partial charge in [0.05, 0.1) is 0 Å². The van der Waals surface area contributed by atoms with Crippen molar-refractivity contribution < 1.29 is 4.79 Å². The zero-order chi connectivity index (χ0) is 10.9. The number of primary amides is 1. The summed E-state index contributed by atoms with van der Waals surface area (Å²) in [5.41, 5.74) is 12.9. The summed E-state index contributed by atoms with van der Waals surface area (Å²) in [6.45, 7) is 5.56. The second-order valence-corrected chi connectivity index (χ2v) is 3.94. The molecule has 0 aliphatic heterocycles. The Kier molecular flexibility index (Phi) is 2.62. The van der Waals surface area contributed by atoms with Gasteiger partial charge in [-0.3, -0.25) is 4.79 Å². The average Bonchev–Trinajstić information content (AvgIpc) is 2.01. The van der Waals surface area contributed by atoms with Crippen molar-refractivity contribution in [2.75, 3.05) is 0 Å². The highest BCUT2D eigenvalue weighted by Crippen LogP contribution is 2.20. The molecule has 1 aromatic carbocycles. The van der Waals surface area contributed by atoms with Crippen molar-refractivity contribution in [3.63, 3.8) is 0 Å². The standard InChI is InChI=1S/C11H16N2O/c1-7-4-8(2)6-9(5-7)11(3,13)10(12)14/h4-6H,13H2,1-3H3,(H2,12,14). The maximum atomic E-state index is 11.1. The Morgan fingerprint density at radius 3 is 2.00 bits per heavy atom. The third-order valence-electron chi connectivity index (χ3n) is 2.33. The van der Waals surface area contributed by atoms with E-state index in [-0.39, 0.29) is 0 Å². The fraction of sp³-hybridized carbons (Fsp3) is 0.364.